The van der Waals surface area contributed by atoms with E-state index in [4.69, 9.17) is 15.5 Å². The van der Waals surface area contributed by atoms with Crippen LogP contribution in [0.2, 0.25) is 0 Å². The molecule has 3 N–H and O–H groups in total. The summed E-state index contributed by atoms with van der Waals surface area (Å²) in [5.41, 5.74) is 1.97. The Bertz CT molecular complexity index is 578. The number of hydrogen-bond donors (Lipinski definition) is 2. The quantitative estimate of drug-likeness (QED) is 0.439. The molecule has 2 aromatic rings. The molecule has 7 nitrogen and oxygen atoms in total. The average Bonchev–Trinajstić information content (AvgIpc) is 2.97. The van der Waals surface area contributed by atoms with Crippen LogP contribution in [0.15, 0.2) is 28.9 Å². The number of nitriles is 1. The Labute approximate surface area is 96.4 Å². The van der Waals surface area contributed by atoms with Crippen molar-refractivity contribution in [3.8, 4) is 6.07 Å². The van der Waals surface area contributed by atoms with E-state index in [0.717, 1.165) is 0 Å². The Morgan fingerprint density at radius 2 is 2.47 bits per heavy atom. The molecule has 0 bridgehead atoms. The smallest absolute Gasteiger partial charge is 0.300 e. The van der Waals surface area contributed by atoms with Crippen LogP contribution in [0.3, 0.4) is 0 Å². The molecule has 0 saturated heterocycles. The summed E-state index contributed by atoms with van der Waals surface area (Å²) in [5, 5.41) is 8.77. The summed E-state index contributed by atoms with van der Waals surface area (Å²) in [6, 6.07) is 5.11. The van der Waals surface area contributed by atoms with Gasteiger partial charge in [0.1, 0.15) is 11.8 Å². The maximum Gasteiger partial charge on any atom is 0.300 e. The number of hydrogen-bond acceptors (Lipinski definition) is 5. The first-order chi connectivity index (χ1) is 8.24. The summed E-state index contributed by atoms with van der Waals surface area (Å²) < 4.78 is 6.87. The van der Waals surface area contributed by atoms with Crippen LogP contribution in [0.4, 0.5) is 0 Å². The van der Waals surface area contributed by atoms with Gasteiger partial charge in [-0.15, -0.1) is 0 Å². The summed E-state index contributed by atoms with van der Waals surface area (Å²) in [6.45, 7) is 0.334. The number of carbonyl (C=O) groups excluding carboxylic acids is 1. The van der Waals surface area contributed by atoms with E-state index >= 15 is 0 Å². The largest absolute Gasteiger partial charge is 0.454 e. The SMILES string of the molecule is N#Cc1nccn1Cc1ccc(C(=O)NN)o1. The predicted molar refractivity (Wildman–Crippen MR) is 56.4 cm³/mol. The standard InChI is InChI=1S/C10H9N5O2/c11-5-9-13-3-4-15(9)6-7-1-2-8(17-7)10(16)14-12/h1-4H,6,12H2,(H,14,16). The highest BCUT2D eigenvalue weighted by atomic mass is 16.4. The first kappa shape index (κ1) is 10.9. The number of aromatic nitrogens is 2. The number of hydrazine groups is 1. The minimum Gasteiger partial charge on any atom is -0.454 e. The monoisotopic (exact) mass is 231 g/mol. The number of rotatable bonds is 3. The van der Waals surface area contributed by atoms with E-state index in [1.54, 1.807) is 16.8 Å². The van der Waals surface area contributed by atoms with Crippen molar-refractivity contribution in [2.24, 2.45) is 5.84 Å². The van der Waals surface area contributed by atoms with Crippen molar-refractivity contribution in [3.63, 3.8) is 0 Å². The van der Waals surface area contributed by atoms with Gasteiger partial charge in [0, 0.05) is 12.4 Å². The van der Waals surface area contributed by atoms with Crippen molar-refractivity contribution in [1.82, 2.24) is 15.0 Å². The molecule has 0 unspecified atom stereocenters. The Balaban J connectivity index is 2.18. The minimum absolute atomic E-state index is 0.126. The van der Waals surface area contributed by atoms with Gasteiger partial charge < -0.3 is 8.98 Å². The van der Waals surface area contributed by atoms with E-state index in [2.05, 4.69) is 4.98 Å². The first-order valence-corrected chi connectivity index (χ1v) is 4.75. The molecule has 0 aliphatic heterocycles. The third-order valence-corrected chi connectivity index (χ3v) is 2.16. The molecule has 2 aromatic heterocycles. The predicted octanol–water partition coefficient (Wildman–Crippen LogP) is -0.000420. The number of nitrogens with one attached hydrogen (secondary N) is 1. The number of nitrogens with zero attached hydrogens (tertiary/aromatic N) is 3. The molecule has 17 heavy (non-hydrogen) atoms. The van der Waals surface area contributed by atoms with Crippen LogP contribution < -0.4 is 11.3 Å². The zero-order chi connectivity index (χ0) is 12.3. The number of furan rings is 1. The van der Waals surface area contributed by atoms with Gasteiger partial charge in [-0.25, -0.2) is 10.8 Å². The highest BCUT2D eigenvalue weighted by Gasteiger charge is 2.10. The summed E-state index contributed by atoms with van der Waals surface area (Å²) in [7, 11) is 0. The maximum atomic E-state index is 11.2. The number of imidazole rings is 1. The molecule has 0 atom stereocenters. The van der Waals surface area contributed by atoms with Crippen LogP contribution in [0.1, 0.15) is 22.1 Å². The van der Waals surface area contributed by atoms with Crippen LogP contribution in [0.25, 0.3) is 0 Å². The van der Waals surface area contributed by atoms with Crippen LogP contribution in [0.5, 0.6) is 0 Å². The average molecular weight is 231 g/mol. The van der Waals surface area contributed by atoms with Crippen LogP contribution in [0, 0.1) is 11.3 Å². The lowest BCUT2D eigenvalue weighted by atomic mass is 10.4. The van der Waals surface area contributed by atoms with Gasteiger partial charge in [0.05, 0.1) is 6.54 Å². The molecule has 2 heterocycles. The highest BCUT2D eigenvalue weighted by Crippen LogP contribution is 2.10. The molecule has 7 heteroatoms. The first-order valence-electron chi connectivity index (χ1n) is 4.75. The second-order valence-corrected chi connectivity index (χ2v) is 3.23. The van der Waals surface area contributed by atoms with Crippen molar-refractivity contribution in [3.05, 3.63) is 41.9 Å². The molecular formula is C10H9N5O2. The molecule has 0 spiro atoms. The van der Waals surface area contributed by atoms with Crippen LogP contribution in [-0.4, -0.2) is 15.5 Å². The molecule has 2 rings (SSSR count). The minimum atomic E-state index is -0.498. The van der Waals surface area contributed by atoms with Crippen molar-refractivity contribution in [2.45, 2.75) is 6.54 Å². The third kappa shape index (κ3) is 2.16. The Hall–Kier alpha value is -2.59. The van der Waals surface area contributed by atoms with E-state index in [0.29, 0.717) is 12.3 Å². The summed E-state index contributed by atoms with van der Waals surface area (Å²) in [4.78, 5) is 15.0. The molecule has 0 aliphatic carbocycles. The van der Waals surface area contributed by atoms with E-state index in [1.165, 1.54) is 12.3 Å². The molecule has 0 aromatic carbocycles. The van der Waals surface area contributed by atoms with E-state index in [9.17, 15) is 4.79 Å². The van der Waals surface area contributed by atoms with Gasteiger partial charge in [0.2, 0.25) is 5.82 Å². The maximum absolute atomic E-state index is 11.2. The van der Waals surface area contributed by atoms with Crippen LogP contribution in [-0.2, 0) is 6.54 Å². The molecule has 0 radical (unpaired) electrons. The summed E-state index contributed by atoms with van der Waals surface area (Å²) in [5.74, 6) is 5.43. The van der Waals surface area contributed by atoms with Crippen molar-refractivity contribution >= 4 is 5.91 Å². The van der Waals surface area contributed by atoms with Crippen molar-refractivity contribution in [1.29, 1.82) is 5.26 Å². The lowest BCUT2D eigenvalue weighted by molar-refractivity contribution is 0.0924. The fraction of sp³-hybridized carbons (Fsp3) is 0.100. The van der Waals surface area contributed by atoms with Gasteiger partial charge in [0.15, 0.2) is 5.76 Å². The summed E-state index contributed by atoms with van der Waals surface area (Å²) in [6.07, 6.45) is 3.18. The number of nitrogen functional groups attached to an aromatic ring is 1. The normalized spacial score (nSPS) is 9.88. The number of amides is 1. The van der Waals surface area contributed by atoms with E-state index in [-0.39, 0.29) is 11.6 Å². The molecule has 0 saturated carbocycles. The van der Waals surface area contributed by atoms with Gasteiger partial charge in [-0.1, -0.05) is 0 Å². The van der Waals surface area contributed by atoms with Gasteiger partial charge in [-0.2, -0.15) is 5.26 Å². The van der Waals surface area contributed by atoms with Crippen LogP contribution >= 0.6 is 0 Å². The number of carbonyl (C=O) groups is 1. The second kappa shape index (κ2) is 4.51. The van der Waals surface area contributed by atoms with Gasteiger partial charge in [-0.3, -0.25) is 10.2 Å². The van der Waals surface area contributed by atoms with Gasteiger partial charge in [0.25, 0.3) is 0 Å². The fourth-order valence-electron chi connectivity index (χ4n) is 1.37. The van der Waals surface area contributed by atoms with Crippen molar-refractivity contribution in [2.75, 3.05) is 0 Å². The van der Waals surface area contributed by atoms with E-state index in [1.807, 2.05) is 11.5 Å². The topological polar surface area (TPSA) is 110 Å². The second-order valence-electron chi connectivity index (χ2n) is 3.23. The highest BCUT2D eigenvalue weighted by molar-refractivity contribution is 5.90. The molecule has 0 fully saturated rings. The zero-order valence-corrected chi connectivity index (χ0v) is 8.75. The zero-order valence-electron chi connectivity index (χ0n) is 8.75. The molecule has 1 amide bonds. The van der Waals surface area contributed by atoms with Gasteiger partial charge in [-0.05, 0) is 12.1 Å². The Morgan fingerprint density at radius 3 is 3.18 bits per heavy atom. The lowest BCUT2D eigenvalue weighted by Gasteiger charge is -1.99. The summed E-state index contributed by atoms with van der Waals surface area (Å²) >= 11 is 0. The van der Waals surface area contributed by atoms with Gasteiger partial charge >= 0.3 is 5.91 Å². The lowest BCUT2D eigenvalue weighted by Crippen LogP contribution is -2.29. The molecule has 0 aliphatic rings. The van der Waals surface area contributed by atoms with E-state index < -0.39 is 5.91 Å². The fourth-order valence-corrected chi connectivity index (χ4v) is 1.37. The molecular weight excluding hydrogens is 222 g/mol. The third-order valence-electron chi connectivity index (χ3n) is 2.16. The molecule has 86 valence electrons. The van der Waals surface area contributed by atoms with Crippen molar-refractivity contribution < 1.29 is 9.21 Å². The Morgan fingerprint density at radius 1 is 1.65 bits per heavy atom. The number of nitrogens with two attached hydrogens (primary N) is 1. The Kier molecular flexibility index (Phi) is 2.89.